The van der Waals surface area contributed by atoms with Gasteiger partial charge in [-0.2, -0.15) is 0 Å². The quantitative estimate of drug-likeness (QED) is 0.536. The second kappa shape index (κ2) is 5.89. The Morgan fingerprint density at radius 2 is 1.83 bits per heavy atom. The summed E-state index contributed by atoms with van der Waals surface area (Å²) in [5.74, 6) is 1.48. The molecule has 0 saturated heterocycles. The molecule has 1 aromatic rings. The fourth-order valence-electron chi connectivity index (χ4n) is 6.43. The number of benzene rings is 1. The summed E-state index contributed by atoms with van der Waals surface area (Å²) in [6.45, 7) is 17.1. The summed E-state index contributed by atoms with van der Waals surface area (Å²) in [7, 11) is 0. The SMILES string of the molecule is CC(C)c1ccc2c(c1)CCC1C(C)(CC(C)(C)C)CCCC21C. The maximum atomic E-state index is 2.60. The number of hydrogen-bond acceptors (Lipinski definition) is 0. The van der Waals surface area contributed by atoms with Crippen LogP contribution in [0.1, 0.15) is 103 Å². The lowest BCUT2D eigenvalue weighted by Gasteiger charge is -2.57. The van der Waals surface area contributed by atoms with E-state index in [1.54, 1.807) is 11.1 Å². The van der Waals surface area contributed by atoms with Gasteiger partial charge in [0.15, 0.2) is 0 Å². The summed E-state index contributed by atoms with van der Waals surface area (Å²) < 4.78 is 0. The van der Waals surface area contributed by atoms with Crippen LogP contribution in [0.5, 0.6) is 0 Å². The first-order valence-electron chi connectivity index (χ1n) is 10.2. The molecule has 0 radical (unpaired) electrons. The second-order valence-electron chi connectivity index (χ2n) is 10.8. The van der Waals surface area contributed by atoms with Gasteiger partial charge in [0.25, 0.3) is 0 Å². The molecular weight excluding hydrogens is 288 g/mol. The molecule has 0 amide bonds. The molecule has 2 aliphatic rings. The van der Waals surface area contributed by atoms with Crippen molar-refractivity contribution in [1.29, 1.82) is 0 Å². The van der Waals surface area contributed by atoms with E-state index in [0.29, 0.717) is 22.2 Å². The third-order valence-corrected chi connectivity index (χ3v) is 7.10. The first-order chi connectivity index (χ1) is 11.1. The van der Waals surface area contributed by atoms with E-state index in [2.05, 4.69) is 66.7 Å². The Bertz CT molecular complexity index is 603. The lowest BCUT2D eigenvalue weighted by Crippen LogP contribution is -2.50. The highest BCUT2D eigenvalue weighted by Crippen LogP contribution is 2.60. The fraction of sp³-hybridized carbons (Fsp3) is 0.750. The van der Waals surface area contributed by atoms with E-state index in [0.717, 1.165) is 5.92 Å². The van der Waals surface area contributed by atoms with Gasteiger partial charge in [0.05, 0.1) is 0 Å². The summed E-state index contributed by atoms with van der Waals surface area (Å²) >= 11 is 0. The van der Waals surface area contributed by atoms with Crippen LogP contribution in [0.15, 0.2) is 18.2 Å². The first-order valence-corrected chi connectivity index (χ1v) is 10.2. The van der Waals surface area contributed by atoms with Crippen LogP contribution in [0, 0.1) is 16.7 Å². The summed E-state index contributed by atoms with van der Waals surface area (Å²) in [6.07, 6.45) is 8.23. The van der Waals surface area contributed by atoms with Crippen molar-refractivity contribution in [2.24, 2.45) is 16.7 Å². The maximum Gasteiger partial charge on any atom is -0.00390 e. The van der Waals surface area contributed by atoms with Gasteiger partial charge in [0.2, 0.25) is 0 Å². The molecule has 0 aromatic heterocycles. The largest absolute Gasteiger partial charge is 0.0602 e. The fourth-order valence-corrected chi connectivity index (χ4v) is 6.43. The highest BCUT2D eigenvalue weighted by atomic mass is 14.6. The predicted molar refractivity (Wildman–Crippen MR) is 106 cm³/mol. The van der Waals surface area contributed by atoms with Gasteiger partial charge < -0.3 is 0 Å². The van der Waals surface area contributed by atoms with Gasteiger partial charge in [0.1, 0.15) is 0 Å². The molecule has 2 aliphatic carbocycles. The van der Waals surface area contributed by atoms with Crippen LogP contribution in [-0.2, 0) is 11.8 Å². The van der Waals surface area contributed by atoms with E-state index in [1.807, 2.05) is 0 Å². The molecule has 3 unspecified atom stereocenters. The molecule has 1 saturated carbocycles. The lowest BCUT2D eigenvalue weighted by atomic mass is 9.47. The highest BCUT2D eigenvalue weighted by molar-refractivity contribution is 5.42. The lowest BCUT2D eigenvalue weighted by molar-refractivity contribution is -0.00492. The smallest absolute Gasteiger partial charge is 0.00390 e. The van der Waals surface area contributed by atoms with Crippen LogP contribution in [0.2, 0.25) is 0 Å². The van der Waals surface area contributed by atoms with Crippen molar-refractivity contribution < 1.29 is 0 Å². The molecule has 0 aliphatic heterocycles. The summed E-state index contributed by atoms with van der Waals surface area (Å²) in [5.41, 5.74) is 6.17. The minimum atomic E-state index is 0.390. The molecule has 0 spiro atoms. The molecule has 3 atom stereocenters. The molecule has 134 valence electrons. The summed E-state index contributed by atoms with van der Waals surface area (Å²) in [4.78, 5) is 0. The van der Waals surface area contributed by atoms with E-state index in [1.165, 1.54) is 44.1 Å². The minimum Gasteiger partial charge on any atom is -0.0602 e. The van der Waals surface area contributed by atoms with Crippen molar-refractivity contribution >= 4 is 0 Å². The molecule has 0 heteroatoms. The van der Waals surface area contributed by atoms with Crippen molar-refractivity contribution in [1.82, 2.24) is 0 Å². The predicted octanol–water partition coefficient (Wildman–Crippen LogP) is 7.26. The van der Waals surface area contributed by atoms with E-state index >= 15 is 0 Å². The second-order valence-corrected chi connectivity index (χ2v) is 10.8. The number of aryl methyl sites for hydroxylation is 1. The van der Waals surface area contributed by atoms with Gasteiger partial charge in [-0.1, -0.05) is 73.1 Å². The van der Waals surface area contributed by atoms with Crippen molar-refractivity contribution in [3.05, 3.63) is 34.9 Å². The van der Waals surface area contributed by atoms with Gasteiger partial charge in [-0.25, -0.2) is 0 Å². The molecule has 1 aromatic carbocycles. The molecule has 0 N–H and O–H groups in total. The average molecular weight is 327 g/mol. The number of rotatable bonds is 2. The normalized spacial score (nSPS) is 33.2. The standard InChI is InChI=1S/C24H38/c1-17(2)18-9-11-20-19(15-18)10-12-21-23(6,16-22(3,4)5)13-8-14-24(20,21)7/h9,11,15,17,21H,8,10,12-14,16H2,1-7H3. The van der Waals surface area contributed by atoms with Crippen LogP contribution in [-0.4, -0.2) is 0 Å². The van der Waals surface area contributed by atoms with Crippen molar-refractivity contribution in [3.8, 4) is 0 Å². The Morgan fingerprint density at radius 3 is 2.46 bits per heavy atom. The Labute approximate surface area is 150 Å². The molecular formula is C24H38. The van der Waals surface area contributed by atoms with Crippen LogP contribution in [0.25, 0.3) is 0 Å². The molecule has 1 fully saturated rings. The first kappa shape index (κ1) is 18.0. The number of fused-ring (bicyclic) bond motifs is 3. The van der Waals surface area contributed by atoms with Gasteiger partial charge in [0, 0.05) is 0 Å². The summed E-state index contributed by atoms with van der Waals surface area (Å²) in [6, 6.07) is 7.43. The van der Waals surface area contributed by atoms with Gasteiger partial charge in [-0.3, -0.25) is 0 Å². The Kier molecular flexibility index (Phi) is 4.42. The maximum absolute atomic E-state index is 2.60. The van der Waals surface area contributed by atoms with Crippen molar-refractivity contribution in [2.75, 3.05) is 0 Å². The molecule has 3 rings (SSSR count). The van der Waals surface area contributed by atoms with E-state index < -0.39 is 0 Å². The van der Waals surface area contributed by atoms with Gasteiger partial charge in [-0.15, -0.1) is 0 Å². The Balaban J connectivity index is 2.00. The van der Waals surface area contributed by atoms with Crippen molar-refractivity contribution in [3.63, 3.8) is 0 Å². The van der Waals surface area contributed by atoms with E-state index in [4.69, 9.17) is 0 Å². The third kappa shape index (κ3) is 3.06. The van der Waals surface area contributed by atoms with E-state index in [9.17, 15) is 0 Å². The Morgan fingerprint density at radius 1 is 1.12 bits per heavy atom. The zero-order valence-electron chi connectivity index (χ0n) is 17.1. The molecule has 0 nitrogen and oxygen atoms in total. The zero-order chi connectivity index (χ0) is 17.8. The zero-order valence-corrected chi connectivity index (χ0v) is 17.1. The monoisotopic (exact) mass is 326 g/mol. The molecule has 0 bridgehead atoms. The Hall–Kier alpha value is -0.780. The van der Waals surface area contributed by atoms with Crippen LogP contribution in [0.3, 0.4) is 0 Å². The van der Waals surface area contributed by atoms with Gasteiger partial charge in [-0.05, 0) is 76.9 Å². The number of hydrogen-bond donors (Lipinski definition) is 0. The van der Waals surface area contributed by atoms with E-state index in [-0.39, 0.29) is 0 Å². The average Bonchev–Trinajstić information content (AvgIpc) is 2.44. The summed E-state index contributed by atoms with van der Waals surface area (Å²) in [5, 5.41) is 0. The van der Waals surface area contributed by atoms with Crippen LogP contribution >= 0.6 is 0 Å². The highest BCUT2D eigenvalue weighted by Gasteiger charge is 2.52. The van der Waals surface area contributed by atoms with Crippen molar-refractivity contribution in [2.45, 2.75) is 98.3 Å². The van der Waals surface area contributed by atoms with Gasteiger partial charge >= 0.3 is 0 Å². The topological polar surface area (TPSA) is 0 Å². The van der Waals surface area contributed by atoms with Crippen LogP contribution < -0.4 is 0 Å². The minimum absolute atomic E-state index is 0.390. The third-order valence-electron chi connectivity index (χ3n) is 7.10. The molecule has 0 heterocycles. The molecule has 24 heavy (non-hydrogen) atoms. The van der Waals surface area contributed by atoms with Crippen LogP contribution in [0.4, 0.5) is 0 Å².